The average Bonchev–Trinajstić information content (AvgIpc) is 2.89. The summed E-state index contributed by atoms with van der Waals surface area (Å²) in [6.45, 7) is 3.80. The zero-order valence-corrected chi connectivity index (χ0v) is 11.1. The Balaban J connectivity index is 2.32. The molecule has 3 nitrogen and oxygen atoms in total. The number of rotatable bonds is 3. The predicted molar refractivity (Wildman–Crippen MR) is 68.6 cm³/mol. The number of hydrogen-bond donors (Lipinski definition) is 0. The number of aryl methyl sites for hydroxylation is 2. The molecule has 2 rings (SSSR count). The molecule has 0 radical (unpaired) electrons. The summed E-state index contributed by atoms with van der Waals surface area (Å²) in [5, 5.41) is 11.6. The molecule has 2 aromatic rings. The molecule has 5 heteroatoms. The van der Waals surface area contributed by atoms with Crippen LogP contribution < -0.4 is 0 Å². The van der Waals surface area contributed by atoms with E-state index in [0.29, 0.717) is 9.88 Å². The Morgan fingerprint density at radius 2 is 2.24 bits per heavy atom. The maximum Gasteiger partial charge on any atom is 0.196 e. The van der Waals surface area contributed by atoms with Gasteiger partial charge in [0, 0.05) is 16.0 Å². The normalized spacial score (nSPS) is 12.1. The van der Waals surface area contributed by atoms with E-state index in [2.05, 4.69) is 4.98 Å². The van der Waals surface area contributed by atoms with E-state index in [-0.39, 0.29) is 5.78 Å². The van der Waals surface area contributed by atoms with Gasteiger partial charge in [-0.15, -0.1) is 22.7 Å². The van der Waals surface area contributed by atoms with Crippen LogP contribution in [0.3, 0.4) is 0 Å². The van der Waals surface area contributed by atoms with Gasteiger partial charge in [-0.25, -0.2) is 4.98 Å². The second-order valence-electron chi connectivity index (χ2n) is 3.66. The third-order valence-electron chi connectivity index (χ3n) is 2.26. The largest absolute Gasteiger partial charge is 0.291 e. The predicted octanol–water partition coefficient (Wildman–Crippen LogP) is 3.31. The molecule has 0 saturated carbocycles. The van der Waals surface area contributed by atoms with Crippen molar-refractivity contribution >= 4 is 28.5 Å². The molecule has 0 fully saturated rings. The van der Waals surface area contributed by atoms with E-state index in [1.54, 1.807) is 6.07 Å². The van der Waals surface area contributed by atoms with E-state index in [1.807, 2.05) is 31.4 Å². The van der Waals surface area contributed by atoms with Crippen LogP contribution in [0.4, 0.5) is 0 Å². The molecule has 0 aliphatic rings. The fraction of sp³-hybridized carbons (Fsp3) is 0.250. The van der Waals surface area contributed by atoms with Crippen LogP contribution in [0.25, 0.3) is 0 Å². The first-order chi connectivity index (χ1) is 8.11. The Kier molecular flexibility index (Phi) is 3.36. The van der Waals surface area contributed by atoms with E-state index in [9.17, 15) is 4.79 Å². The van der Waals surface area contributed by atoms with E-state index >= 15 is 0 Å². The van der Waals surface area contributed by atoms with Gasteiger partial charge in [0.15, 0.2) is 11.7 Å². The number of nitriles is 1. The van der Waals surface area contributed by atoms with Gasteiger partial charge in [-0.3, -0.25) is 4.79 Å². The summed E-state index contributed by atoms with van der Waals surface area (Å²) < 4.78 is 0. The molecular weight excluding hydrogens is 252 g/mol. The molecule has 0 saturated heterocycles. The summed E-state index contributed by atoms with van der Waals surface area (Å²) in [5.41, 5.74) is 0.848. The summed E-state index contributed by atoms with van der Waals surface area (Å²) in [5.74, 6) is -0.924. The fourth-order valence-corrected chi connectivity index (χ4v) is 3.11. The van der Waals surface area contributed by atoms with Crippen LogP contribution in [-0.4, -0.2) is 10.8 Å². The first-order valence-electron chi connectivity index (χ1n) is 5.04. The minimum Gasteiger partial charge on any atom is -0.291 e. The first kappa shape index (κ1) is 12.0. The average molecular weight is 262 g/mol. The Hall–Kier alpha value is -1.51. The highest BCUT2D eigenvalue weighted by atomic mass is 32.1. The maximum absolute atomic E-state index is 12.2. The van der Waals surface area contributed by atoms with Gasteiger partial charge in [0.25, 0.3) is 0 Å². The molecule has 2 heterocycles. The van der Waals surface area contributed by atoms with Crippen molar-refractivity contribution in [1.82, 2.24) is 4.98 Å². The van der Waals surface area contributed by atoms with Crippen molar-refractivity contribution in [2.75, 3.05) is 0 Å². The van der Waals surface area contributed by atoms with E-state index in [0.717, 1.165) is 10.6 Å². The van der Waals surface area contributed by atoms with Gasteiger partial charge in [-0.05, 0) is 26.0 Å². The lowest BCUT2D eigenvalue weighted by atomic mass is 10.1. The van der Waals surface area contributed by atoms with Crippen molar-refractivity contribution in [3.8, 4) is 6.07 Å². The van der Waals surface area contributed by atoms with Crippen molar-refractivity contribution in [2.24, 2.45) is 0 Å². The summed E-state index contributed by atoms with van der Waals surface area (Å²) in [6.07, 6.45) is 0. The SMILES string of the molecule is Cc1csc(C(C#N)C(=O)c2ccc(C)s2)n1. The zero-order valence-electron chi connectivity index (χ0n) is 9.43. The number of ketones is 1. The minimum absolute atomic E-state index is 0.153. The second kappa shape index (κ2) is 4.78. The van der Waals surface area contributed by atoms with Crippen molar-refractivity contribution in [1.29, 1.82) is 5.26 Å². The van der Waals surface area contributed by atoms with Crippen molar-refractivity contribution in [3.63, 3.8) is 0 Å². The van der Waals surface area contributed by atoms with Gasteiger partial charge >= 0.3 is 0 Å². The lowest BCUT2D eigenvalue weighted by Crippen LogP contribution is -2.09. The summed E-state index contributed by atoms with van der Waals surface area (Å²) >= 11 is 2.78. The highest BCUT2D eigenvalue weighted by Gasteiger charge is 2.25. The maximum atomic E-state index is 12.2. The standard InChI is InChI=1S/C12H10N2OS2/c1-7-6-16-12(14-7)9(5-13)11(15)10-4-3-8(2)17-10/h3-4,6,9H,1-2H3. The van der Waals surface area contributed by atoms with Gasteiger partial charge in [-0.1, -0.05) is 0 Å². The lowest BCUT2D eigenvalue weighted by Gasteiger charge is -2.02. The lowest BCUT2D eigenvalue weighted by molar-refractivity contribution is 0.0982. The highest BCUT2D eigenvalue weighted by molar-refractivity contribution is 7.14. The smallest absolute Gasteiger partial charge is 0.196 e. The molecule has 0 amide bonds. The number of nitrogens with zero attached hydrogens (tertiary/aromatic N) is 2. The molecule has 1 atom stereocenters. The molecule has 2 aromatic heterocycles. The van der Waals surface area contributed by atoms with E-state index in [1.165, 1.54) is 22.7 Å². The fourth-order valence-electron chi connectivity index (χ4n) is 1.44. The highest BCUT2D eigenvalue weighted by Crippen LogP contribution is 2.26. The van der Waals surface area contributed by atoms with Crippen LogP contribution in [-0.2, 0) is 0 Å². The number of carbonyl (C=O) groups excluding carboxylic acids is 1. The van der Waals surface area contributed by atoms with Crippen LogP contribution in [0.15, 0.2) is 17.5 Å². The van der Waals surface area contributed by atoms with E-state index in [4.69, 9.17) is 5.26 Å². The van der Waals surface area contributed by atoms with Crippen molar-refractivity contribution in [2.45, 2.75) is 19.8 Å². The number of Topliss-reactive ketones (excluding diaryl/α,β-unsaturated/α-hetero) is 1. The Morgan fingerprint density at radius 3 is 2.71 bits per heavy atom. The van der Waals surface area contributed by atoms with Gasteiger partial charge in [0.2, 0.25) is 0 Å². The first-order valence-corrected chi connectivity index (χ1v) is 6.73. The molecule has 86 valence electrons. The molecule has 0 bridgehead atoms. The molecular formula is C12H10N2OS2. The topological polar surface area (TPSA) is 53.8 Å². The third-order valence-corrected chi connectivity index (χ3v) is 4.30. The number of thiazole rings is 1. The third kappa shape index (κ3) is 2.43. The Morgan fingerprint density at radius 1 is 1.47 bits per heavy atom. The van der Waals surface area contributed by atoms with Gasteiger partial charge in [-0.2, -0.15) is 5.26 Å². The van der Waals surface area contributed by atoms with Crippen LogP contribution >= 0.6 is 22.7 Å². The number of hydrogen-bond acceptors (Lipinski definition) is 5. The molecule has 0 aliphatic heterocycles. The zero-order chi connectivity index (χ0) is 12.4. The Bertz CT molecular complexity index is 592. The minimum atomic E-state index is -0.772. The molecule has 0 aromatic carbocycles. The van der Waals surface area contributed by atoms with E-state index < -0.39 is 5.92 Å². The monoisotopic (exact) mass is 262 g/mol. The van der Waals surface area contributed by atoms with Crippen molar-refractivity contribution < 1.29 is 4.79 Å². The number of carbonyl (C=O) groups is 1. The second-order valence-corrected chi connectivity index (χ2v) is 5.84. The summed E-state index contributed by atoms with van der Waals surface area (Å²) in [6, 6.07) is 5.70. The summed E-state index contributed by atoms with van der Waals surface area (Å²) in [4.78, 5) is 18.1. The molecule has 0 spiro atoms. The van der Waals surface area contributed by atoms with Gasteiger partial charge in [0.05, 0.1) is 10.9 Å². The van der Waals surface area contributed by atoms with Gasteiger partial charge in [0.1, 0.15) is 5.01 Å². The summed E-state index contributed by atoms with van der Waals surface area (Å²) in [7, 11) is 0. The van der Waals surface area contributed by atoms with Crippen molar-refractivity contribution in [3.05, 3.63) is 38.0 Å². The quantitative estimate of drug-likeness (QED) is 0.797. The van der Waals surface area contributed by atoms with Crippen LogP contribution in [0, 0.1) is 25.2 Å². The number of thiophene rings is 1. The molecule has 0 aliphatic carbocycles. The molecule has 1 unspecified atom stereocenters. The Labute approximate surface area is 107 Å². The van der Waals surface area contributed by atoms with Crippen LogP contribution in [0.2, 0.25) is 0 Å². The number of aromatic nitrogens is 1. The molecule has 0 N–H and O–H groups in total. The van der Waals surface area contributed by atoms with Crippen LogP contribution in [0.1, 0.15) is 31.2 Å². The van der Waals surface area contributed by atoms with Crippen LogP contribution in [0.5, 0.6) is 0 Å². The molecule has 17 heavy (non-hydrogen) atoms. The van der Waals surface area contributed by atoms with Gasteiger partial charge < -0.3 is 0 Å².